The van der Waals surface area contributed by atoms with E-state index < -0.39 is 6.03 Å². The quantitative estimate of drug-likeness (QED) is 0.658. The molecule has 3 rings (SSSR count). The lowest BCUT2D eigenvalue weighted by molar-refractivity contribution is 0.205. The Kier molecular flexibility index (Phi) is 6.80. The third-order valence-electron chi connectivity index (χ3n) is 5.29. The van der Waals surface area contributed by atoms with Crippen molar-refractivity contribution in [3.05, 3.63) is 70.9 Å². The molecule has 5 N–H and O–H groups in total. The minimum absolute atomic E-state index is 0.328. The summed E-state index contributed by atoms with van der Waals surface area (Å²) in [5.74, 6) is 0. The predicted octanol–water partition coefficient (Wildman–Crippen LogP) is 3.50. The van der Waals surface area contributed by atoms with Gasteiger partial charge in [-0.25, -0.2) is 4.79 Å². The van der Waals surface area contributed by atoms with E-state index in [1.165, 1.54) is 5.56 Å². The van der Waals surface area contributed by atoms with Gasteiger partial charge in [0.05, 0.1) is 0 Å². The van der Waals surface area contributed by atoms with E-state index in [0.717, 1.165) is 54.7 Å². The highest BCUT2D eigenvalue weighted by molar-refractivity contribution is 5.89. The van der Waals surface area contributed by atoms with E-state index in [4.69, 9.17) is 11.5 Å². The van der Waals surface area contributed by atoms with Gasteiger partial charge < -0.3 is 16.8 Å². The number of piperidine rings is 1. The van der Waals surface area contributed by atoms with Crippen molar-refractivity contribution in [2.24, 2.45) is 16.5 Å². The minimum Gasteiger partial charge on any atom is -0.351 e. The molecule has 2 amide bonds. The van der Waals surface area contributed by atoms with E-state index in [-0.39, 0.29) is 0 Å². The topological polar surface area (TPSA) is 96.7 Å². The first-order valence-corrected chi connectivity index (χ1v) is 9.87. The summed E-state index contributed by atoms with van der Waals surface area (Å²) in [6.07, 6.45) is 3.85. The molecule has 0 aliphatic carbocycles. The number of likely N-dealkylation sites (tertiary alicyclic amines) is 1. The monoisotopic (exact) mass is 391 g/mol. The molecule has 152 valence electrons. The van der Waals surface area contributed by atoms with Crippen LogP contribution in [0, 0.1) is 6.92 Å². The normalized spacial score (nSPS) is 15.9. The Morgan fingerprint density at radius 2 is 2.03 bits per heavy atom. The smallest absolute Gasteiger partial charge is 0.316 e. The second-order valence-corrected chi connectivity index (χ2v) is 7.56. The van der Waals surface area contributed by atoms with Crippen LogP contribution in [0.3, 0.4) is 0 Å². The van der Waals surface area contributed by atoms with Gasteiger partial charge >= 0.3 is 6.03 Å². The Labute approximate surface area is 172 Å². The first-order chi connectivity index (χ1) is 14.0. The number of benzene rings is 2. The number of carbonyl (C=O) groups is 1. The molecule has 0 atom stereocenters. The fourth-order valence-electron chi connectivity index (χ4n) is 3.72. The predicted molar refractivity (Wildman–Crippen MR) is 120 cm³/mol. The summed E-state index contributed by atoms with van der Waals surface area (Å²) >= 11 is 0. The van der Waals surface area contributed by atoms with Gasteiger partial charge in [-0.05, 0) is 80.0 Å². The van der Waals surface area contributed by atoms with E-state index in [1.54, 1.807) is 12.3 Å². The number of hydrogen-bond donors (Lipinski definition) is 3. The maximum atomic E-state index is 11.2. The van der Waals surface area contributed by atoms with Gasteiger partial charge in [-0.15, -0.1) is 0 Å². The van der Waals surface area contributed by atoms with Crippen molar-refractivity contribution in [2.45, 2.75) is 32.4 Å². The molecule has 29 heavy (non-hydrogen) atoms. The number of aliphatic imine (C=N–C) groups is 1. The molecule has 2 aromatic rings. The Morgan fingerprint density at radius 1 is 1.28 bits per heavy atom. The molecule has 1 fully saturated rings. The second kappa shape index (κ2) is 9.49. The summed E-state index contributed by atoms with van der Waals surface area (Å²) in [7, 11) is 0. The first-order valence-electron chi connectivity index (χ1n) is 9.87. The van der Waals surface area contributed by atoms with Crippen LogP contribution in [0.4, 0.5) is 10.5 Å². The third-order valence-corrected chi connectivity index (χ3v) is 5.29. The van der Waals surface area contributed by atoms with Crippen molar-refractivity contribution in [1.29, 1.82) is 0 Å². The zero-order valence-electron chi connectivity index (χ0n) is 16.9. The molecule has 1 saturated heterocycles. The molecule has 6 nitrogen and oxygen atoms in total. The minimum atomic E-state index is -0.589. The lowest BCUT2D eigenvalue weighted by atomic mass is 9.93. The van der Waals surface area contributed by atoms with Gasteiger partial charge in [-0.3, -0.25) is 9.89 Å². The van der Waals surface area contributed by atoms with Gasteiger partial charge in [0.25, 0.3) is 0 Å². The number of carbonyl (C=O) groups excluding carboxylic acids is 1. The Bertz CT molecular complexity index is 913. The number of nitrogens with zero attached hydrogens (tertiary/aromatic N) is 2. The number of urea groups is 1. The van der Waals surface area contributed by atoms with Crippen molar-refractivity contribution in [2.75, 3.05) is 18.4 Å². The van der Waals surface area contributed by atoms with Crippen LogP contribution in [0.15, 0.2) is 53.7 Å². The largest absolute Gasteiger partial charge is 0.351 e. The number of nitrogens with one attached hydrogen (secondary N) is 1. The number of aryl methyl sites for hydroxylation is 1. The molecule has 1 heterocycles. The molecule has 0 unspecified atom stereocenters. The van der Waals surface area contributed by atoms with E-state index >= 15 is 0 Å². The van der Waals surface area contributed by atoms with Crippen LogP contribution in [0.25, 0.3) is 5.57 Å². The molecular weight excluding hydrogens is 362 g/mol. The van der Waals surface area contributed by atoms with Gasteiger partial charge in [-0.1, -0.05) is 24.3 Å². The second-order valence-electron chi connectivity index (χ2n) is 7.56. The zero-order chi connectivity index (χ0) is 20.8. The van der Waals surface area contributed by atoms with Crippen molar-refractivity contribution in [3.63, 3.8) is 0 Å². The highest BCUT2D eigenvalue weighted by atomic mass is 16.2. The van der Waals surface area contributed by atoms with E-state index in [2.05, 4.69) is 47.0 Å². The van der Waals surface area contributed by atoms with Gasteiger partial charge in [-0.2, -0.15) is 0 Å². The number of primary amides is 1. The van der Waals surface area contributed by atoms with Crippen LogP contribution in [-0.2, 0) is 6.54 Å². The Hall–Kier alpha value is -2.96. The van der Waals surface area contributed by atoms with E-state index in [0.29, 0.717) is 11.7 Å². The van der Waals surface area contributed by atoms with Crippen molar-refractivity contribution in [1.82, 2.24) is 4.90 Å². The van der Waals surface area contributed by atoms with Gasteiger partial charge in [0.15, 0.2) is 0 Å². The summed E-state index contributed by atoms with van der Waals surface area (Å²) in [5, 5.41) is 2.63. The van der Waals surface area contributed by atoms with Gasteiger partial charge in [0.1, 0.15) is 0 Å². The Balaban J connectivity index is 1.90. The van der Waals surface area contributed by atoms with Crippen LogP contribution in [0.1, 0.15) is 35.1 Å². The summed E-state index contributed by atoms with van der Waals surface area (Å²) in [4.78, 5) is 17.7. The Morgan fingerprint density at radius 3 is 2.72 bits per heavy atom. The summed E-state index contributed by atoms with van der Waals surface area (Å²) in [6, 6.07) is 13.8. The lowest BCUT2D eigenvalue weighted by Gasteiger charge is -2.30. The molecule has 0 bridgehead atoms. The summed E-state index contributed by atoms with van der Waals surface area (Å²) < 4.78 is 0. The molecule has 2 aromatic carbocycles. The lowest BCUT2D eigenvalue weighted by Crippen LogP contribution is -2.39. The standard InChI is InChI=1S/C23H29N5O/c1-16-6-7-17(15-28-10-8-19(24)9-11-28)12-21(16)22(14-26-2)18-4-3-5-20(13-18)27-23(25)29/h3-7,12-14,19H,2,8-11,15,24H2,1H3,(H3,25,27,29)/b22-14-. The van der Waals surface area contributed by atoms with Crippen LogP contribution in [-0.4, -0.2) is 36.8 Å². The highest BCUT2D eigenvalue weighted by Crippen LogP contribution is 2.29. The van der Waals surface area contributed by atoms with Crippen molar-refractivity contribution in [3.8, 4) is 0 Å². The van der Waals surface area contributed by atoms with Crippen LogP contribution in [0.5, 0.6) is 0 Å². The van der Waals surface area contributed by atoms with E-state index in [9.17, 15) is 4.79 Å². The molecule has 0 aromatic heterocycles. The van der Waals surface area contributed by atoms with Gasteiger partial charge in [0.2, 0.25) is 0 Å². The van der Waals surface area contributed by atoms with Crippen LogP contribution < -0.4 is 16.8 Å². The number of anilines is 1. The van der Waals surface area contributed by atoms with Gasteiger partial charge in [0, 0.05) is 30.0 Å². The summed E-state index contributed by atoms with van der Waals surface area (Å²) in [5.41, 5.74) is 17.3. The van der Waals surface area contributed by atoms with E-state index in [1.807, 2.05) is 18.2 Å². The number of rotatable bonds is 6. The first kappa shape index (κ1) is 20.8. The molecule has 1 aliphatic heterocycles. The maximum Gasteiger partial charge on any atom is 0.316 e. The molecule has 0 spiro atoms. The molecule has 0 radical (unpaired) electrons. The number of nitrogens with two attached hydrogens (primary N) is 2. The summed E-state index contributed by atoms with van der Waals surface area (Å²) in [6.45, 7) is 8.68. The zero-order valence-corrected chi connectivity index (χ0v) is 16.9. The molecule has 1 aliphatic rings. The molecular formula is C23H29N5O. The average Bonchev–Trinajstić information content (AvgIpc) is 2.69. The number of amides is 2. The fourth-order valence-corrected chi connectivity index (χ4v) is 3.72. The van der Waals surface area contributed by atoms with Crippen molar-refractivity contribution < 1.29 is 4.79 Å². The SMILES string of the molecule is C=N/C=C(/c1cccc(NC(N)=O)c1)c1cc(CN2CCC(N)CC2)ccc1C. The van der Waals surface area contributed by atoms with Crippen LogP contribution >= 0.6 is 0 Å². The average molecular weight is 392 g/mol. The van der Waals surface area contributed by atoms with Crippen molar-refractivity contribution >= 4 is 24.0 Å². The number of hydrogen-bond acceptors (Lipinski definition) is 4. The molecule has 0 saturated carbocycles. The third kappa shape index (κ3) is 5.53. The van der Waals surface area contributed by atoms with Crippen LogP contribution in [0.2, 0.25) is 0 Å². The maximum absolute atomic E-state index is 11.2. The molecule has 6 heteroatoms. The highest BCUT2D eigenvalue weighted by Gasteiger charge is 2.17. The fraction of sp³-hybridized carbons (Fsp3) is 0.304.